The van der Waals surface area contributed by atoms with E-state index < -0.39 is 5.91 Å². The van der Waals surface area contributed by atoms with E-state index in [1.54, 1.807) is 19.1 Å². The average molecular weight is 302 g/mol. The smallest absolute Gasteiger partial charge is 0.266 e. The molecule has 0 aliphatic carbocycles. The number of fused-ring (bicyclic) bond motifs is 1. The Hall–Kier alpha value is -3.32. The predicted molar refractivity (Wildman–Crippen MR) is 89.6 cm³/mol. The summed E-state index contributed by atoms with van der Waals surface area (Å²) in [4.78, 5) is 12.2. The molecule has 3 aromatic rings. The minimum Gasteiger partial charge on any atom is -0.462 e. The fourth-order valence-electron chi connectivity index (χ4n) is 2.29. The van der Waals surface area contributed by atoms with E-state index in [9.17, 15) is 10.1 Å². The number of nitrogens with one attached hydrogen (secondary N) is 1. The molecule has 1 amide bonds. The Morgan fingerprint density at radius 3 is 2.61 bits per heavy atom. The number of hydrogen-bond acceptors (Lipinski definition) is 3. The van der Waals surface area contributed by atoms with Gasteiger partial charge in [0.1, 0.15) is 23.2 Å². The van der Waals surface area contributed by atoms with Crippen molar-refractivity contribution in [1.82, 2.24) is 0 Å². The van der Waals surface area contributed by atoms with Crippen molar-refractivity contribution in [2.45, 2.75) is 6.92 Å². The van der Waals surface area contributed by atoms with E-state index in [-0.39, 0.29) is 5.57 Å². The summed E-state index contributed by atoms with van der Waals surface area (Å²) in [5.41, 5.74) is 0.637. The van der Waals surface area contributed by atoms with E-state index in [0.29, 0.717) is 11.4 Å². The van der Waals surface area contributed by atoms with E-state index >= 15 is 0 Å². The van der Waals surface area contributed by atoms with E-state index in [2.05, 4.69) is 5.32 Å². The number of amides is 1. The first kappa shape index (κ1) is 14.6. The van der Waals surface area contributed by atoms with Crippen molar-refractivity contribution in [3.63, 3.8) is 0 Å². The molecule has 1 aromatic heterocycles. The lowest BCUT2D eigenvalue weighted by Crippen LogP contribution is -2.13. The predicted octanol–water partition coefficient (Wildman–Crippen LogP) is 4.29. The summed E-state index contributed by atoms with van der Waals surface area (Å²) in [6, 6.07) is 18.9. The van der Waals surface area contributed by atoms with Gasteiger partial charge in [-0.2, -0.15) is 5.26 Å². The zero-order chi connectivity index (χ0) is 16.2. The molecule has 23 heavy (non-hydrogen) atoms. The van der Waals surface area contributed by atoms with Gasteiger partial charge in [0, 0.05) is 11.8 Å². The second kappa shape index (κ2) is 6.20. The van der Waals surface area contributed by atoms with E-state index in [1.807, 2.05) is 48.5 Å². The minimum absolute atomic E-state index is 0.00694. The number of rotatable bonds is 3. The molecular formula is C19H14N2O2. The molecule has 0 saturated carbocycles. The molecule has 3 rings (SSSR count). The van der Waals surface area contributed by atoms with Crippen LogP contribution in [0.1, 0.15) is 11.5 Å². The summed E-state index contributed by atoms with van der Waals surface area (Å²) in [7, 11) is 0. The van der Waals surface area contributed by atoms with Gasteiger partial charge in [0.2, 0.25) is 0 Å². The quantitative estimate of drug-likeness (QED) is 0.580. The second-order valence-corrected chi connectivity index (χ2v) is 5.13. The molecule has 0 bridgehead atoms. The standard InChI is InChI=1S/C19H14N2O2/c1-13-6-9-18(23-13)11-16(12-20)19(22)21-17-8-7-14-4-2-3-5-15(14)10-17/h2-11H,1H3,(H,21,22)/b16-11+. The van der Waals surface area contributed by atoms with Gasteiger partial charge >= 0.3 is 0 Å². The Bertz CT molecular complexity index is 945. The number of anilines is 1. The zero-order valence-electron chi connectivity index (χ0n) is 12.5. The first-order valence-electron chi connectivity index (χ1n) is 7.14. The lowest BCUT2D eigenvalue weighted by molar-refractivity contribution is -0.112. The molecule has 4 nitrogen and oxygen atoms in total. The Kier molecular flexibility index (Phi) is 3.94. The van der Waals surface area contributed by atoms with Gasteiger partial charge in [-0.25, -0.2) is 0 Å². The maximum Gasteiger partial charge on any atom is 0.266 e. The number of carbonyl (C=O) groups is 1. The van der Waals surface area contributed by atoms with Crippen LogP contribution in [0.15, 0.2) is 64.6 Å². The molecule has 1 heterocycles. The summed E-state index contributed by atoms with van der Waals surface area (Å²) in [6.07, 6.45) is 1.43. The maximum atomic E-state index is 12.2. The number of nitriles is 1. The van der Waals surface area contributed by atoms with Crippen LogP contribution >= 0.6 is 0 Å². The molecule has 0 aliphatic rings. The van der Waals surface area contributed by atoms with Gasteiger partial charge in [-0.1, -0.05) is 30.3 Å². The molecule has 0 aliphatic heterocycles. The highest BCUT2D eigenvalue weighted by Gasteiger charge is 2.11. The molecule has 0 saturated heterocycles. The van der Waals surface area contributed by atoms with Crippen molar-refractivity contribution >= 4 is 28.4 Å². The SMILES string of the molecule is Cc1ccc(/C=C(\C#N)C(=O)Nc2ccc3ccccc3c2)o1. The molecule has 2 aromatic carbocycles. The largest absolute Gasteiger partial charge is 0.462 e. The highest BCUT2D eigenvalue weighted by Crippen LogP contribution is 2.19. The Morgan fingerprint density at radius 1 is 1.13 bits per heavy atom. The molecule has 4 heteroatoms. The van der Waals surface area contributed by atoms with Crippen LogP contribution < -0.4 is 5.32 Å². The van der Waals surface area contributed by atoms with Gasteiger partial charge in [0.25, 0.3) is 5.91 Å². The van der Waals surface area contributed by atoms with Crippen LogP contribution in [0.2, 0.25) is 0 Å². The number of nitrogens with zero attached hydrogens (tertiary/aromatic N) is 1. The van der Waals surface area contributed by atoms with Crippen molar-refractivity contribution in [2.24, 2.45) is 0 Å². The van der Waals surface area contributed by atoms with Crippen LogP contribution in [-0.4, -0.2) is 5.91 Å². The van der Waals surface area contributed by atoms with Gasteiger partial charge in [0.15, 0.2) is 0 Å². The summed E-state index contributed by atoms with van der Waals surface area (Å²) >= 11 is 0. The number of benzene rings is 2. The first-order chi connectivity index (χ1) is 11.2. The third kappa shape index (κ3) is 3.30. The third-order valence-corrected chi connectivity index (χ3v) is 3.42. The number of hydrogen-bond donors (Lipinski definition) is 1. The number of aryl methyl sites for hydroxylation is 1. The summed E-state index contributed by atoms with van der Waals surface area (Å²) in [5, 5.41) is 14.0. The number of carbonyl (C=O) groups excluding carboxylic acids is 1. The lowest BCUT2D eigenvalue weighted by Gasteiger charge is -2.05. The molecule has 0 fully saturated rings. The number of furan rings is 1. The van der Waals surface area contributed by atoms with Gasteiger partial charge in [-0.15, -0.1) is 0 Å². The van der Waals surface area contributed by atoms with Gasteiger partial charge < -0.3 is 9.73 Å². The van der Waals surface area contributed by atoms with Crippen LogP contribution in [0.3, 0.4) is 0 Å². The Morgan fingerprint density at radius 2 is 1.91 bits per heavy atom. The van der Waals surface area contributed by atoms with Crippen LogP contribution in [0.25, 0.3) is 16.8 Å². The first-order valence-corrected chi connectivity index (χ1v) is 7.14. The van der Waals surface area contributed by atoms with E-state index in [1.165, 1.54) is 6.08 Å². The second-order valence-electron chi connectivity index (χ2n) is 5.13. The van der Waals surface area contributed by atoms with Gasteiger partial charge in [-0.3, -0.25) is 4.79 Å². The van der Waals surface area contributed by atoms with Crippen LogP contribution in [0.4, 0.5) is 5.69 Å². The van der Waals surface area contributed by atoms with Crippen LogP contribution in [0.5, 0.6) is 0 Å². The molecule has 0 atom stereocenters. The Balaban J connectivity index is 1.83. The summed E-state index contributed by atoms with van der Waals surface area (Å²) in [5.74, 6) is 0.744. The lowest BCUT2D eigenvalue weighted by atomic mass is 10.1. The van der Waals surface area contributed by atoms with Crippen molar-refractivity contribution in [3.8, 4) is 6.07 Å². The molecular weight excluding hydrogens is 288 g/mol. The maximum absolute atomic E-state index is 12.2. The summed E-state index contributed by atoms with van der Waals surface area (Å²) in [6.45, 7) is 1.80. The monoisotopic (exact) mass is 302 g/mol. The van der Waals surface area contributed by atoms with Gasteiger partial charge in [0.05, 0.1) is 0 Å². The molecule has 112 valence electrons. The normalized spacial score (nSPS) is 11.2. The molecule has 1 N–H and O–H groups in total. The fourth-order valence-corrected chi connectivity index (χ4v) is 2.29. The molecule has 0 unspecified atom stereocenters. The highest BCUT2D eigenvalue weighted by molar-refractivity contribution is 6.10. The zero-order valence-corrected chi connectivity index (χ0v) is 12.5. The molecule has 0 spiro atoms. The van der Waals surface area contributed by atoms with Crippen molar-refractivity contribution in [2.75, 3.05) is 5.32 Å². The van der Waals surface area contributed by atoms with Gasteiger partial charge in [-0.05, 0) is 42.0 Å². The molecule has 0 radical (unpaired) electrons. The van der Waals surface area contributed by atoms with Crippen molar-refractivity contribution in [3.05, 3.63) is 71.7 Å². The van der Waals surface area contributed by atoms with E-state index in [4.69, 9.17) is 4.42 Å². The Labute approximate surface area is 133 Å². The van der Waals surface area contributed by atoms with Crippen molar-refractivity contribution in [1.29, 1.82) is 5.26 Å². The highest BCUT2D eigenvalue weighted by atomic mass is 16.3. The topological polar surface area (TPSA) is 66.0 Å². The fraction of sp³-hybridized carbons (Fsp3) is 0.0526. The summed E-state index contributed by atoms with van der Waals surface area (Å²) < 4.78 is 5.37. The average Bonchev–Trinajstić information content (AvgIpc) is 2.97. The minimum atomic E-state index is -0.461. The van der Waals surface area contributed by atoms with E-state index in [0.717, 1.165) is 16.5 Å². The van der Waals surface area contributed by atoms with Crippen LogP contribution in [-0.2, 0) is 4.79 Å². The van der Waals surface area contributed by atoms with Crippen LogP contribution in [0, 0.1) is 18.3 Å². The van der Waals surface area contributed by atoms with Crippen molar-refractivity contribution < 1.29 is 9.21 Å². The third-order valence-electron chi connectivity index (χ3n) is 3.42.